The molecule has 0 aromatic heterocycles. The van der Waals surface area contributed by atoms with Crippen LogP contribution in [0.5, 0.6) is 0 Å². The molecule has 0 bridgehead atoms. The molecule has 43 heavy (non-hydrogen) atoms. The van der Waals surface area contributed by atoms with Crippen LogP contribution in [-0.2, 0) is 24.0 Å². The Hall–Kier alpha value is -2.25. The van der Waals surface area contributed by atoms with Crippen molar-refractivity contribution in [3.05, 3.63) is 35.9 Å². The van der Waals surface area contributed by atoms with Gasteiger partial charge in [0, 0.05) is 26.4 Å². The fourth-order valence-electron chi connectivity index (χ4n) is 6.42. The molecule has 0 saturated carbocycles. The van der Waals surface area contributed by atoms with Crippen molar-refractivity contribution >= 4 is 17.7 Å². The SMILES string of the molecule is CCCCC(CC)COC(=O)C(CC(ON1C(C)(CC)CC(=O)C(C)C1(C)CC)C(=O)N(C)C)CC(C)c1ccccc1. The second-order valence-corrected chi connectivity index (χ2v) is 13.6. The van der Waals surface area contributed by atoms with Gasteiger partial charge >= 0.3 is 5.97 Å². The molecule has 1 aliphatic rings. The smallest absolute Gasteiger partial charge is 0.309 e. The van der Waals surface area contributed by atoms with Gasteiger partial charge in [-0.05, 0) is 63.4 Å². The van der Waals surface area contributed by atoms with Gasteiger partial charge in [-0.2, -0.15) is 5.06 Å². The van der Waals surface area contributed by atoms with E-state index < -0.39 is 23.1 Å². The van der Waals surface area contributed by atoms with E-state index in [0.29, 0.717) is 38.2 Å². The van der Waals surface area contributed by atoms with Crippen LogP contribution in [0.15, 0.2) is 30.3 Å². The Kier molecular flexibility index (Phi) is 14.4. The van der Waals surface area contributed by atoms with Crippen LogP contribution >= 0.6 is 0 Å². The third-order valence-corrected chi connectivity index (χ3v) is 10.2. The number of likely N-dealkylation sites (N-methyl/N-ethyl adjacent to an activating group) is 1. The van der Waals surface area contributed by atoms with Gasteiger partial charge in [0.15, 0.2) is 6.10 Å². The third-order valence-electron chi connectivity index (χ3n) is 10.2. The highest BCUT2D eigenvalue weighted by atomic mass is 16.7. The molecule has 7 nitrogen and oxygen atoms in total. The number of ketones is 1. The summed E-state index contributed by atoms with van der Waals surface area (Å²) in [4.78, 5) is 49.1. The Labute approximate surface area is 262 Å². The van der Waals surface area contributed by atoms with Gasteiger partial charge in [0.2, 0.25) is 0 Å². The van der Waals surface area contributed by atoms with Crippen molar-refractivity contribution < 1.29 is 24.0 Å². The zero-order valence-corrected chi connectivity index (χ0v) is 28.8. The van der Waals surface area contributed by atoms with Gasteiger partial charge in [-0.3, -0.25) is 19.2 Å². The van der Waals surface area contributed by atoms with E-state index in [4.69, 9.17) is 9.57 Å². The number of benzene rings is 1. The number of rotatable bonds is 17. The van der Waals surface area contributed by atoms with Crippen molar-refractivity contribution in [1.82, 2.24) is 9.96 Å². The number of unbranched alkanes of at least 4 members (excludes halogenated alkanes) is 1. The van der Waals surface area contributed by atoms with Crippen LogP contribution in [0.1, 0.15) is 125 Å². The largest absolute Gasteiger partial charge is 0.465 e. The molecule has 0 aliphatic carbocycles. The number of esters is 1. The zero-order chi connectivity index (χ0) is 32.4. The number of piperidine rings is 1. The van der Waals surface area contributed by atoms with Crippen LogP contribution in [0.4, 0.5) is 0 Å². The van der Waals surface area contributed by atoms with E-state index in [1.165, 1.54) is 4.90 Å². The topological polar surface area (TPSA) is 76.1 Å². The van der Waals surface area contributed by atoms with Crippen molar-refractivity contribution in [3.8, 4) is 0 Å². The average Bonchev–Trinajstić information content (AvgIpc) is 3.00. The van der Waals surface area contributed by atoms with Gasteiger partial charge < -0.3 is 9.64 Å². The summed E-state index contributed by atoms with van der Waals surface area (Å²) >= 11 is 0. The number of hydrogen-bond donors (Lipinski definition) is 0. The number of carbonyl (C=O) groups is 3. The first-order valence-corrected chi connectivity index (χ1v) is 16.7. The second-order valence-electron chi connectivity index (χ2n) is 13.6. The van der Waals surface area contributed by atoms with Crippen LogP contribution < -0.4 is 0 Å². The maximum atomic E-state index is 13.8. The lowest BCUT2D eigenvalue weighted by atomic mass is 9.70. The molecule has 7 unspecified atom stereocenters. The molecule has 244 valence electrons. The number of carbonyl (C=O) groups excluding carboxylic acids is 3. The molecular weight excluding hydrogens is 540 g/mol. The lowest BCUT2D eigenvalue weighted by Crippen LogP contribution is -2.67. The van der Waals surface area contributed by atoms with E-state index in [9.17, 15) is 14.4 Å². The molecule has 1 aromatic rings. The van der Waals surface area contributed by atoms with Crippen LogP contribution in [-0.4, -0.2) is 65.5 Å². The Morgan fingerprint density at radius 3 is 2.23 bits per heavy atom. The maximum Gasteiger partial charge on any atom is 0.309 e. The van der Waals surface area contributed by atoms with E-state index in [-0.39, 0.29) is 35.9 Å². The van der Waals surface area contributed by atoms with Gasteiger partial charge in [-0.25, -0.2) is 0 Å². The predicted molar refractivity (Wildman–Crippen MR) is 173 cm³/mol. The van der Waals surface area contributed by atoms with E-state index in [0.717, 1.165) is 31.2 Å². The first-order chi connectivity index (χ1) is 20.3. The molecule has 7 heteroatoms. The minimum Gasteiger partial charge on any atom is -0.465 e. The molecular formula is C36H60N2O5. The highest BCUT2D eigenvalue weighted by Crippen LogP contribution is 2.45. The predicted octanol–water partition coefficient (Wildman–Crippen LogP) is 7.58. The van der Waals surface area contributed by atoms with E-state index in [2.05, 4.69) is 53.7 Å². The Morgan fingerprint density at radius 1 is 1.05 bits per heavy atom. The maximum absolute atomic E-state index is 13.8. The molecule has 0 N–H and O–H groups in total. The van der Waals surface area contributed by atoms with Crippen molar-refractivity contribution in [2.24, 2.45) is 17.8 Å². The van der Waals surface area contributed by atoms with Gasteiger partial charge in [0.05, 0.1) is 23.6 Å². The van der Waals surface area contributed by atoms with Crippen LogP contribution in [0.25, 0.3) is 0 Å². The van der Waals surface area contributed by atoms with Gasteiger partial charge in [-0.1, -0.05) is 91.1 Å². The van der Waals surface area contributed by atoms with Gasteiger partial charge in [0.1, 0.15) is 5.78 Å². The monoisotopic (exact) mass is 600 g/mol. The normalized spacial score (nSPS) is 25.5. The molecule has 1 aromatic carbocycles. The van der Waals surface area contributed by atoms with Crippen molar-refractivity contribution in [3.63, 3.8) is 0 Å². The second kappa shape index (κ2) is 16.7. The van der Waals surface area contributed by atoms with E-state index in [1.807, 2.05) is 37.1 Å². The summed E-state index contributed by atoms with van der Waals surface area (Å²) in [6.45, 7) is 17.0. The minimum absolute atomic E-state index is 0.0883. The fraction of sp³-hybridized carbons (Fsp3) is 0.750. The zero-order valence-electron chi connectivity index (χ0n) is 28.8. The lowest BCUT2D eigenvalue weighted by molar-refractivity contribution is -0.313. The van der Waals surface area contributed by atoms with Gasteiger partial charge in [-0.15, -0.1) is 0 Å². The molecule has 1 saturated heterocycles. The van der Waals surface area contributed by atoms with Crippen molar-refractivity contribution in [2.45, 2.75) is 136 Å². The highest BCUT2D eigenvalue weighted by Gasteiger charge is 2.54. The molecule has 2 rings (SSSR count). The summed E-state index contributed by atoms with van der Waals surface area (Å²) in [7, 11) is 3.44. The molecule has 0 spiro atoms. The number of Topliss-reactive ketones (excluding diaryl/α,β-unsaturated/α-hetero) is 1. The van der Waals surface area contributed by atoms with Crippen LogP contribution in [0, 0.1) is 17.8 Å². The molecule has 1 aliphatic heterocycles. The Balaban J connectivity index is 2.45. The summed E-state index contributed by atoms with van der Waals surface area (Å²) in [6, 6.07) is 10.2. The number of hydroxylamine groups is 2. The number of hydrogen-bond acceptors (Lipinski definition) is 6. The Morgan fingerprint density at radius 2 is 1.70 bits per heavy atom. The standard InChI is InChI=1S/C36H60N2O5/c1-11-15-19-28(12-2)25-42-34(41)30(22-26(5)29-20-17-16-18-21-29)23-32(33(40)37(9)10)43-38-35(7,13-3)24-31(39)27(6)36(38,8)14-4/h16-18,20-21,26-28,30,32H,11-15,19,22-25H2,1-10H3. The Bertz CT molecular complexity index is 1030. The third kappa shape index (κ3) is 9.37. The fourth-order valence-corrected chi connectivity index (χ4v) is 6.42. The lowest BCUT2D eigenvalue weighted by Gasteiger charge is -2.56. The van der Waals surface area contributed by atoms with Crippen LogP contribution in [0.2, 0.25) is 0 Å². The summed E-state index contributed by atoms with van der Waals surface area (Å²) in [5.41, 5.74) is -0.0157. The highest BCUT2D eigenvalue weighted by molar-refractivity contribution is 5.84. The number of amides is 1. The summed E-state index contributed by atoms with van der Waals surface area (Å²) in [5, 5.41) is 1.96. The molecule has 1 amide bonds. The van der Waals surface area contributed by atoms with Crippen LogP contribution in [0.3, 0.4) is 0 Å². The first-order valence-electron chi connectivity index (χ1n) is 16.7. The molecule has 1 heterocycles. The van der Waals surface area contributed by atoms with Crippen molar-refractivity contribution in [2.75, 3.05) is 20.7 Å². The van der Waals surface area contributed by atoms with Crippen molar-refractivity contribution in [1.29, 1.82) is 0 Å². The molecule has 0 radical (unpaired) electrons. The summed E-state index contributed by atoms with van der Waals surface area (Å²) in [6.07, 6.45) is 5.81. The minimum atomic E-state index is -0.894. The molecule has 7 atom stereocenters. The summed E-state index contributed by atoms with van der Waals surface area (Å²) < 4.78 is 6.00. The van der Waals surface area contributed by atoms with E-state index >= 15 is 0 Å². The van der Waals surface area contributed by atoms with E-state index in [1.54, 1.807) is 14.1 Å². The number of nitrogens with zero attached hydrogens (tertiary/aromatic N) is 2. The van der Waals surface area contributed by atoms with Gasteiger partial charge in [0.25, 0.3) is 5.91 Å². The first kappa shape index (κ1) is 36.9. The summed E-state index contributed by atoms with van der Waals surface area (Å²) in [5.74, 6) is -0.606. The molecule has 1 fully saturated rings. The quantitative estimate of drug-likeness (QED) is 0.172. The number of ether oxygens (including phenoxy) is 1. The average molecular weight is 601 g/mol.